The fraction of sp³-hybridized carbons (Fsp3) is 0.188. The monoisotopic (exact) mass is 312 g/mol. The van der Waals surface area contributed by atoms with Gasteiger partial charge in [0, 0.05) is 25.6 Å². The number of pyridine rings is 2. The average Bonchev–Trinajstić information content (AvgIpc) is 2.90. The van der Waals surface area contributed by atoms with Gasteiger partial charge in [0.05, 0.1) is 23.6 Å². The normalized spacial score (nSPS) is 10.7. The van der Waals surface area contributed by atoms with Crippen molar-refractivity contribution in [2.45, 2.75) is 6.92 Å². The molecule has 0 aromatic carbocycles. The van der Waals surface area contributed by atoms with Crippen LogP contribution in [0.5, 0.6) is 5.75 Å². The number of hydrogen-bond acceptors (Lipinski definition) is 4. The van der Waals surface area contributed by atoms with Gasteiger partial charge in [0.2, 0.25) is 0 Å². The molecule has 0 aliphatic heterocycles. The van der Waals surface area contributed by atoms with Gasteiger partial charge < -0.3 is 19.6 Å². The summed E-state index contributed by atoms with van der Waals surface area (Å²) in [6.45, 7) is 1.88. The van der Waals surface area contributed by atoms with Crippen LogP contribution in [0.25, 0.3) is 10.9 Å². The summed E-state index contributed by atoms with van der Waals surface area (Å²) in [7, 11) is 3.30. The zero-order valence-corrected chi connectivity index (χ0v) is 13.0. The number of anilines is 1. The van der Waals surface area contributed by atoms with Gasteiger partial charge in [0.15, 0.2) is 11.6 Å². The molecule has 3 rings (SSSR count). The van der Waals surface area contributed by atoms with Crippen molar-refractivity contribution >= 4 is 22.6 Å². The number of nitrogens with one attached hydrogen (secondary N) is 2. The Morgan fingerprint density at radius 3 is 2.96 bits per heavy atom. The molecular weight excluding hydrogens is 296 g/mol. The molecule has 0 unspecified atom stereocenters. The van der Waals surface area contributed by atoms with Crippen LogP contribution in [-0.2, 0) is 7.05 Å². The van der Waals surface area contributed by atoms with Crippen LogP contribution in [-0.4, -0.2) is 27.6 Å². The highest BCUT2D eigenvalue weighted by molar-refractivity contribution is 6.13. The summed E-state index contributed by atoms with van der Waals surface area (Å²) in [5, 5.41) is 3.05. The van der Waals surface area contributed by atoms with E-state index in [1.54, 1.807) is 42.3 Å². The summed E-state index contributed by atoms with van der Waals surface area (Å²) in [5.41, 5.74) is 1.60. The predicted molar refractivity (Wildman–Crippen MR) is 87.0 cm³/mol. The van der Waals surface area contributed by atoms with Gasteiger partial charge in [-0.2, -0.15) is 0 Å². The molecule has 0 radical (unpaired) electrons. The first-order valence-corrected chi connectivity index (χ1v) is 7.00. The molecule has 0 aliphatic rings. The molecule has 0 saturated carbocycles. The van der Waals surface area contributed by atoms with Crippen LogP contribution < -0.4 is 15.6 Å². The van der Waals surface area contributed by atoms with Crippen LogP contribution in [0.15, 0.2) is 35.5 Å². The number of carbonyl (C=O) groups is 1. The lowest BCUT2D eigenvalue weighted by molar-refractivity contribution is 0.102. The average molecular weight is 312 g/mol. The summed E-state index contributed by atoms with van der Waals surface area (Å²) in [6.07, 6.45) is 4.82. The maximum atomic E-state index is 12.6. The molecule has 0 aliphatic carbocycles. The first-order valence-electron chi connectivity index (χ1n) is 7.00. The topological polar surface area (TPSA) is 89.0 Å². The molecule has 0 spiro atoms. The Balaban J connectivity index is 2.09. The van der Waals surface area contributed by atoms with Crippen LogP contribution in [0.2, 0.25) is 0 Å². The fourth-order valence-corrected chi connectivity index (χ4v) is 2.64. The van der Waals surface area contributed by atoms with Gasteiger partial charge in [-0.25, -0.2) is 4.98 Å². The highest BCUT2D eigenvalue weighted by Gasteiger charge is 2.19. The molecule has 118 valence electrons. The summed E-state index contributed by atoms with van der Waals surface area (Å²) in [6, 6.07) is 3.41. The van der Waals surface area contributed by atoms with E-state index in [2.05, 4.69) is 15.3 Å². The minimum absolute atomic E-state index is 0.292. The van der Waals surface area contributed by atoms with Crippen molar-refractivity contribution in [3.63, 3.8) is 0 Å². The van der Waals surface area contributed by atoms with Gasteiger partial charge in [0.1, 0.15) is 0 Å². The smallest absolute Gasteiger partial charge is 0.259 e. The summed E-state index contributed by atoms with van der Waals surface area (Å²) in [4.78, 5) is 31.5. The van der Waals surface area contributed by atoms with Crippen LogP contribution in [0.3, 0.4) is 0 Å². The highest BCUT2D eigenvalue weighted by Crippen LogP contribution is 2.24. The van der Waals surface area contributed by atoms with E-state index in [4.69, 9.17) is 4.74 Å². The lowest BCUT2D eigenvalue weighted by Crippen LogP contribution is -2.16. The summed E-state index contributed by atoms with van der Waals surface area (Å²) in [5.74, 6) is 0.343. The molecule has 7 heteroatoms. The summed E-state index contributed by atoms with van der Waals surface area (Å²) < 4.78 is 6.94. The Morgan fingerprint density at radius 1 is 1.43 bits per heavy atom. The number of nitrogens with zero attached hydrogens (tertiary/aromatic N) is 2. The Labute approximate surface area is 131 Å². The molecule has 0 bridgehead atoms. The van der Waals surface area contributed by atoms with Gasteiger partial charge in [-0.15, -0.1) is 0 Å². The number of hydrogen-bond donors (Lipinski definition) is 2. The van der Waals surface area contributed by atoms with Gasteiger partial charge >= 0.3 is 0 Å². The Bertz CT molecular complexity index is 956. The number of fused-ring (bicyclic) bond motifs is 1. The standard InChI is InChI=1S/C16H16N4O3/c1-9-7-18-16(22)12-10(8-20(2)13(9)12)15(21)19-14-11(23-3)5-4-6-17-14/h4-8H,1-3H3,(H,18,22)(H,17,19,21). The molecule has 2 N–H and O–H groups in total. The van der Waals surface area contributed by atoms with Gasteiger partial charge in [-0.1, -0.05) is 0 Å². The van der Waals surface area contributed by atoms with Crippen molar-refractivity contribution in [2.24, 2.45) is 7.05 Å². The van der Waals surface area contributed by atoms with E-state index < -0.39 is 5.91 Å². The number of methoxy groups -OCH3 is 1. The third-order valence-electron chi connectivity index (χ3n) is 3.67. The van der Waals surface area contributed by atoms with Gasteiger partial charge in [-0.3, -0.25) is 9.59 Å². The van der Waals surface area contributed by atoms with Crippen LogP contribution in [0, 0.1) is 6.92 Å². The van der Waals surface area contributed by atoms with Crippen molar-refractivity contribution in [1.82, 2.24) is 14.5 Å². The number of rotatable bonds is 3. The van der Waals surface area contributed by atoms with E-state index in [1.807, 2.05) is 6.92 Å². The van der Waals surface area contributed by atoms with Crippen molar-refractivity contribution in [2.75, 3.05) is 12.4 Å². The largest absolute Gasteiger partial charge is 0.493 e. The van der Waals surface area contributed by atoms with Crippen LogP contribution in [0.4, 0.5) is 5.82 Å². The number of aryl methyl sites for hydroxylation is 2. The van der Waals surface area contributed by atoms with Gasteiger partial charge in [0.25, 0.3) is 11.5 Å². The molecule has 0 saturated heterocycles. The number of aromatic nitrogens is 3. The Hall–Kier alpha value is -3.09. The fourth-order valence-electron chi connectivity index (χ4n) is 2.64. The zero-order valence-electron chi connectivity index (χ0n) is 13.0. The SMILES string of the molecule is COc1cccnc1NC(=O)c1cn(C)c2c(C)c[nH]c(=O)c12. The number of carbonyl (C=O) groups excluding carboxylic acids is 1. The maximum absolute atomic E-state index is 12.6. The number of aromatic amines is 1. The first kappa shape index (κ1) is 14.8. The number of H-pyrrole nitrogens is 1. The molecule has 3 aromatic heterocycles. The third-order valence-corrected chi connectivity index (χ3v) is 3.67. The van der Waals surface area contributed by atoms with Gasteiger partial charge in [-0.05, 0) is 24.6 Å². The maximum Gasteiger partial charge on any atom is 0.259 e. The Kier molecular flexibility index (Phi) is 3.61. The molecule has 0 atom stereocenters. The van der Waals surface area contributed by atoms with Crippen molar-refractivity contribution in [1.29, 1.82) is 0 Å². The Morgan fingerprint density at radius 2 is 2.22 bits per heavy atom. The molecule has 0 fully saturated rings. The predicted octanol–water partition coefficient (Wildman–Crippen LogP) is 1.83. The second-order valence-corrected chi connectivity index (χ2v) is 5.19. The molecule has 3 heterocycles. The van der Waals surface area contributed by atoms with E-state index in [1.165, 1.54) is 7.11 Å². The number of ether oxygens (including phenoxy) is 1. The second-order valence-electron chi connectivity index (χ2n) is 5.19. The van der Waals surface area contributed by atoms with Crippen LogP contribution >= 0.6 is 0 Å². The molecule has 1 amide bonds. The van der Waals surface area contributed by atoms with Crippen molar-refractivity contribution in [3.8, 4) is 5.75 Å². The number of amides is 1. The van der Waals surface area contributed by atoms with Crippen LogP contribution in [0.1, 0.15) is 15.9 Å². The minimum Gasteiger partial charge on any atom is -0.493 e. The lowest BCUT2D eigenvalue weighted by atomic mass is 10.1. The molecule has 7 nitrogen and oxygen atoms in total. The third kappa shape index (κ3) is 2.46. The highest BCUT2D eigenvalue weighted by atomic mass is 16.5. The first-order chi connectivity index (χ1) is 11.0. The summed E-state index contributed by atoms with van der Waals surface area (Å²) >= 11 is 0. The molecule has 3 aromatic rings. The quantitative estimate of drug-likeness (QED) is 0.772. The minimum atomic E-state index is -0.413. The van der Waals surface area contributed by atoms with Crippen molar-refractivity contribution < 1.29 is 9.53 Å². The van der Waals surface area contributed by atoms with E-state index >= 15 is 0 Å². The van der Waals surface area contributed by atoms with E-state index in [9.17, 15) is 9.59 Å². The molecule has 23 heavy (non-hydrogen) atoms. The van der Waals surface area contributed by atoms with Crippen molar-refractivity contribution in [3.05, 3.63) is 52.2 Å². The van der Waals surface area contributed by atoms with E-state index in [0.29, 0.717) is 22.5 Å². The molecular formula is C16H16N4O3. The van der Waals surface area contributed by atoms with E-state index in [0.717, 1.165) is 11.1 Å². The second kappa shape index (κ2) is 5.60. The van der Waals surface area contributed by atoms with E-state index in [-0.39, 0.29) is 5.56 Å². The lowest BCUT2D eigenvalue weighted by Gasteiger charge is -2.07. The zero-order chi connectivity index (χ0) is 16.6.